The maximum Gasteiger partial charge on any atom is 0.259 e. The number of H-pyrrole nitrogens is 1. The van der Waals surface area contributed by atoms with Crippen LogP contribution in [0.3, 0.4) is 0 Å². The molecule has 0 fully saturated rings. The van der Waals surface area contributed by atoms with Gasteiger partial charge in [0.05, 0.1) is 27.1 Å². The Morgan fingerprint density at radius 2 is 1.86 bits per heavy atom. The molecule has 0 aliphatic carbocycles. The van der Waals surface area contributed by atoms with Crippen molar-refractivity contribution in [3.8, 4) is 22.7 Å². The van der Waals surface area contributed by atoms with Gasteiger partial charge in [-0.05, 0) is 19.1 Å². The molecular weight excluding hydrogens is 431 g/mol. The topological polar surface area (TPSA) is 84.7 Å². The van der Waals surface area contributed by atoms with E-state index >= 15 is 0 Å². The standard InChI is InChI=1S/C20H14Cl2N4O2S/c1-11-17(12-6-3-2-4-7-12)24-20(25-18(11)27)29-10-15-23-19(28-26-15)13-8-5-9-14(21)16(13)22/h2-9H,10H2,1H3,(H,24,25,27). The fourth-order valence-corrected chi connectivity index (χ4v) is 3.77. The van der Waals surface area contributed by atoms with E-state index in [9.17, 15) is 4.79 Å². The first-order chi connectivity index (χ1) is 14.0. The summed E-state index contributed by atoms with van der Waals surface area (Å²) in [6, 6.07) is 14.8. The number of aromatic nitrogens is 4. The van der Waals surface area contributed by atoms with Gasteiger partial charge in [0.15, 0.2) is 11.0 Å². The van der Waals surface area contributed by atoms with Crippen LogP contribution in [0.2, 0.25) is 10.0 Å². The van der Waals surface area contributed by atoms with Crippen LogP contribution in [0.1, 0.15) is 11.4 Å². The number of hydrogen-bond donors (Lipinski definition) is 1. The van der Waals surface area contributed by atoms with Gasteiger partial charge < -0.3 is 9.51 Å². The summed E-state index contributed by atoms with van der Waals surface area (Å²) in [5, 5.41) is 5.21. The number of hydrogen-bond acceptors (Lipinski definition) is 6. The molecule has 4 aromatic rings. The number of nitrogens with zero attached hydrogens (tertiary/aromatic N) is 3. The fourth-order valence-electron chi connectivity index (χ4n) is 2.68. The number of benzene rings is 2. The van der Waals surface area contributed by atoms with Gasteiger partial charge in [0, 0.05) is 11.1 Å². The molecule has 2 aromatic carbocycles. The molecule has 0 aliphatic heterocycles. The molecule has 4 rings (SSSR count). The Labute approximate surface area is 180 Å². The predicted octanol–water partition coefficient (Wildman–Crippen LogP) is 5.39. The molecule has 0 unspecified atom stereocenters. The van der Waals surface area contributed by atoms with E-state index in [1.807, 2.05) is 30.3 Å². The van der Waals surface area contributed by atoms with Gasteiger partial charge in [0.2, 0.25) is 0 Å². The molecule has 0 amide bonds. The molecule has 0 saturated carbocycles. The third kappa shape index (κ3) is 4.22. The van der Waals surface area contributed by atoms with Crippen LogP contribution in [0, 0.1) is 6.92 Å². The first kappa shape index (κ1) is 19.7. The predicted molar refractivity (Wildman–Crippen MR) is 114 cm³/mol. The van der Waals surface area contributed by atoms with Crippen LogP contribution in [0.5, 0.6) is 0 Å². The van der Waals surface area contributed by atoms with Gasteiger partial charge >= 0.3 is 0 Å². The molecule has 0 atom stereocenters. The average Bonchev–Trinajstić information content (AvgIpc) is 3.20. The Kier molecular flexibility index (Phi) is 5.71. The molecule has 0 aliphatic rings. The van der Waals surface area contributed by atoms with Crippen molar-refractivity contribution in [1.82, 2.24) is 20.1 Å². The van der Waals surface area contributed by atoms with Crippen LogP contribution in [0.4, 0.5) is 0 Å². The van der Waals surface area contributed by atoms with Gasteiger partial charge in [-0.3, -0.25) is 4.79 Å². The van der Waals surface area contributed by atoms with Crippen molar-refractivity contribution in [2.45, 2.75) is 17.8 Å². The molecule has 2 aromatic heterocycles. The SMILES string of the molecule is Cc1c(-c2ccccc2)nc(SCc2noc(-c3cccc(Cl)c3Cl)n2)[nH]c1=O. The van der Waals surface area contributed by atoms with Crippen LogP contribution >= 0.6 is 35.0 Å². The van der Waals surface area contributed by atoms with E-state index in [4.69, 9.17) is 27.7 Å². The molecular formula is C20H14Cl2N4O2S. The molecule has 1 N–H and O–H groups in total. The maximum atomic E-state index is 12.3. The first-order valence-corrected chi connectivity index (χ1v) is 10.3. The Morgan fingerprint density at radius 3 is 2.66 bits per heavy atom. The average molecular weight is 445 g/mol. The summed E-state index contributed by atoms with van der Waals surface area (Å²) in [7, 11) is 0. The van der Waals surface area contributed by atoms with E-state index in [0.29, 0.717) is 43.6 Å². The zero-order valence-electron chi connectivity index (χ0n) is 15.1. The van der Waals surface area contributed by atoms with E-state index in [-0.39, 0.29) is 11.4 Å². The van der Waals surface area contributed by atoms with Crippen LogP contribution < -0.4 is 5.56 Å². The lowest BCUT2D eigenvalue weighted by Gasteiger charge is -2.06. The summed E-state index contributed by atoms with van der Waals surface area (Å²) in [6.07, 6.45) is 0. The van der Waals surface area contributed by atoms with Crippen molar-refractivity contribution in [2.75, 3.05) is 0 Å². The molecule has 29 heavy (non-hydrogen) atoms. The van der Waals surface area contributed by atoms with Gasteiger partial charge in [0.1, 0.15) is 0 Å². The second kappa shape index (κ2) is 8.41. The van der Waals surface area contributed by atoms with E-state index in [1.54, 1.807) is 25.1 Å². The first-order valence-electron chi connectivity index (χ1n) is 8.59. The van der Waals surface area contributed by atoms with Crippen LogP contribution in [-0.2, 0) is 5.75 Å². The molecule has 2 heterocycles. The van der Waals surface area contributed by atoms with Gasteiger partial charge in [-0.1, -0.05) is 76.5 Å². The lowest BCUT2D eigenvalue weighted by molar-refractivity contribution is 0.425. The molecule has 6 nitrogen and oxygen atoms in total. The summed E-state index contributed by atoms with van der Waals surface area (Å²) in [6.45, 7) is 1.75. The zero-order chi connectivity index (χ0) is 20.4. The third-order valence-corrected chi connectivity index (χ3v) is 5.85. The van der Waals surface area contributed by atoms with Crippen molar-refractivity contribution in [1.29, 1.82) is 0 Å². The van der Waals surface area contributed by atoms with Crippen molar-refractivity contribution >= 4 is 35.0 Å². The van der Waals surface area contributed by atoms with E-state index in [1.165, 1.54) is 11.8 Å². The minimum atomic E-state index is -0.180. The highest BCUT2D eigenvalue weighted by Gasteiger charge is 2.15. The molecule has 9 heteroatoms. The molecule has 146 valence electrons. The molecule has 0 bridgehead atoms. The number of halogens is 2. The van der Waals surface area contributed by atoms with Crippen LogP contribution in [0.25, 0.3) is 22.7 Å². The van der Waals surface area contributed by atoms with Crippen molar-refractivity contribution < 1.29 is 4.52 Å². The Hall–Kier alpha value is -2.61. The minimum Gasteiger partial charge on any atom is -0.334 e. The van der Waals surface area contributed by atoms with E-state index in [0.717, 1.165) is 5.56 Å². The van der Waals surface area contributed by atoms with Gasteiger partial charge in [-0.15, -0.1) is 0 Å². The Morgan fingerprint density at radius 1 is 1.07 bits per heavy atom. The molecule has 0 saturated heterocycles. The Balaban J connectivity index is 1.56. The Bertz CT molecular complexity index is 1220. The fraction of sp³-hybridized carbons (Fsp3) is 0.100. The summed E-state index contributed by atoms with van der Waals surface area (Å²) >= 11 is 13.6. The minimum absolute atomic E-state index is 0.180. The largest absolute Gasteiger partial charge is 0.334 e. The van der Waals surface area contributed by atoms with Gasteiger partial charge in [-0.25, -0.2) is 4.98 Å². The van der Waals surface area contributed by atoms with Crippen LogP contribution in [0.15, 0.2) is 63.0 Å². The normalized spacial score (nSPS) is 11.0. The lowest BCUT2D eigenvalue weighted by Crippen LogP contribution is -2.14. The lowest BCUT2D eigenvalue weighted by atomic mass is 10.1. The van der Waals surface area contributed by atoms with Gasteiger partial charge in [-0.2, -0.15) is 4.98 Å². The summed E-state index contributed by atoms with van der Waals surface area (Å²) in [4.78, 5) is 24.0. The highest BCUT2D eigenvalue weighted by molar-refractivity contribution is 7.98. The summed E-state index contributed by atoms with van der Waals surface area (Å²) in [5.74, 6) is 1.09. The highest BCUT2D eigenvalue weighted by Crippen LogP contribution is 2.33. The zero-order valence-corrected chi connectivity index (χ0v) is 17.5. The number of thioether (sulfide) groups is 1. The number of nitrogens with one attached hydrogen (secondary N) is 1. The van der Waals surface area contributed by atoms with Crippen molar-refractivity contribution in [2.24, 2.45) is 0 Å². The molecule has 0 spiro atoms. The monoisotopic (exact) mass is 444 g/mol. The van der Waals surface area contributed by atoms with E-state index in [2.05, 4.69) is 20.1 Å². The van der Waals surface area contributed by atoms with Crippen LogP contribution in [-0.4, -0.2) is 20.1 Å². The second-order valence-corrected chi connectivity index (χ2v) is 7.87. The summed E-state index contributed by atoms with van der Waals surface area (Å²) in [5.41, 5.74) is 2.49. The van der Waals surface area contributed by atoms with Crippen molar-refractivity contribution in [3.63, 3.8) is 0 Å². The number of rotatable bonds is 5. The van der Waals surface area contributed by atoms with E-state index < -0.39 is 0 Å². The smallest absolute Gasteiger partial charge is 0.259 e. The van der Waals surface area contributed by atoms with Crippen molar-refractivity contribution in [3.05, 3.63) is 80.3 Å². The maximum absolute atomic E-state index is 12.3. The summed E-state index contributed by atoms with van der Waals surface area (Å²) < 4.78 is 5.30. The third-order valence-electron chi connectivity index (χ3n) is 4.16. The second-order valence-electron chi connectivity index (χ2n) is 6.12. The molecule has 0 radical (unpaired) electrons. The van der Waals surface area contributed by atoms with Gasteiger partial charge in [0.25, 0.3) is 11.4 Å². The highest BCUT2D eigenvalue weighted by atomic mass is 35.5. The quantitative estimate of drug-likeness (QED) is 0.327. The number of aromatic amines is 1.